The van der Waals surface area contributed by atoms with Crippen LogP contribution in [0.4, 0.5) is 0 Å². The molecule has 2 atom stereocenters. The second kappa shape index (κ2) is 7.78. The van der Waals surface area contributed by atoms with Crippen LogP contribution in [0.5, 0.6) is 0 Å². The van der Waals surface area contributed by atoms with E-state index in [9.17, 15) is 9.59 Å². The summed E-state index contributed by atoms with van der Waals surface area (Å²) in [6.45, 7) is 4.39. The molecule has 1 aromatic carbocycles. The highest BCUT2D eigenvalue weighted by Gasteiger charge is 2.18. The minimum absolute atomic E-state index is 0.0376. The lowest BCUT2D eigenvalue weighted by molar-refractivity contribution is -0.123. The zero-order valence-corrected chi connectivity index (χ0v) is 13.2. The lowest BCUT2D eigenvalue weighted by Gasteiger charge is -2.17. The Bertz CT molecular complexity index is 483. The number of carbonyl (C=O) groups is 2. The number of hydrogen-bond acceptors (Lipinski definition) is 3. The van der Waals surface area contributed by atoms with Crippen molar-refractivity contribution in [2.45, 2.75) is 32.9 Å². The van der Waals surface area contributed by atoms with Crippen molar-refractivity contribution in [3.63, 3.8) is 0 Å². The Morgan fingerprint density at radius 1 is 1.24 bits per heavy atom. The molecule has 0 saturated carbocycles. The first-order chi connectivity index (χ1) is 9.86. The molecule has 21 heavy (non-hydrogen) atoms. The second-order valence-electron chi connectivity index (χ2n) is 5.53. The number of carbonyl (C=O) groups excluding carboxylic acids is 2. The lowest BCUT2D eigenvalue weighted by Crippen LogP contribution is -2.44. The Kier molecular flexibility index (Phi) is 6.37. The maximum Gasteiger partial charge on any atom is 0.253 e. The molecule has 2 unspecified atom stereocenters. The van der Waals surface area contributed by atoms with Crippen molar-refractivity contribution < 1.29 is 9.59 Å². The van der Waals surface area contributed by atoms with E-state index in [0.717, 1.165) is 12.0 Å². The standard InChI is InChI=1S/C16H25N3O2/c1-5-11(2)14(17)15(20)18-10-12-6-8-13(9-7-12)16(21)19(3)4/h6-9,11,14H,5,10,17H2,1-4H3,(H,18,20). The van der Waals surface area contributed by atoms with Gasteiger partial charge in [-0.3, -0.25) is 9.59 Å². The predicted octanol–water partition coefficient (Wildman–Crippen LogP) is 1.38. The van der Waals surface area contributed by atoms with Crippen molar-refractivity contribution in [1.82, 2.24) is 10.2 Å². The molecule has 3 N–H and O–H groups in total. The largest absolute Gasteiger partial charge is 0.351 e. The van der Waals surface area contributed by atoms with Crippen LogP contribution in [-0.4, -0.2) is 36.9 Å². The normalized spacial score (nSPS) is 13.4. The summed E-state index contributed by atoms with van der Waals surface area (Å²) >= 11 is 0. The first-order valence-corrected chi connectivity index (χ1v) is 7.20. The summed E-state index contributed by atoms with van der Waals surface area (Å²) in [5, 5.41) is 2.83. The third kappa shape index (κ3) is 4.86. The predicted molar refractivity (Wildman–Crippen MR) is 83.7 cm³/mol. The number of hydrogen-bond donors (Lipinski definition) is 2. The molecule has 1 aromatic rings. The van der Waals surface area contributed by atoms with Gasteiger partial charge in [-0.05, 0) is 23.6 Å². The Labute approximate surface area is 126 Å². The molecule has 0 aliphatic rings. The van der Waals surface area contributed by atoms with E-state index >= 15 is 0 Å². The van der Waals surface area contributed by atoms with Crippen molar-refractivity contribution in [1.29, 1.82) is 0 Å². The van der Waals surface area contributed by atoms with E-state index in [1.807, 2.05) is 26.0 Å². The molecular formula is C16H25N3O2. The molecule has 5 heteroatoms. The van der Waals surface area contributed by atoms with Crippen LogP contribution in [0.3, 0.4) is 0 Å². The molecule has 1 rings (SSSR count). The van der Waals surface area contributed by atoms with Crippen molar-refractivity contribution >= 4 is 11.8 Å². The van der Waals surface area contributed by atoms with Crippen LogP contribution in [-0.2, 0) is 11.3 Å². The third-order valence-corrected chi connectivity index (χ3v) is 3.63. The fourth-order valence-electron chi connectivity index (χ4n) is 1.84. The quantitative estimate of drug-likeness (QED) is 0.831. The van der Waals surface area contributed by atoms with Crippen molar-refractivity contribution in [3.8, 4) is 0 Å². The molecule has 0 aliphatic carbocycles. The van der Waals surface area contributed by atoms with Crippen molar-refractivity contribution in [3.05, 3.63) is 35.4 Å². The molecule has 0 heterocycles. The van der Waals surface area contributed by atoms with Crippen LogP contribution in [0.1, 0.15) is 36.2 Å². The van der Waals surface area contributed by atoms with Gasteiger partial charge in [0.25, 0.3) is 5.91 Å². The maximum atomic E-state index is 11.9. The summed E-state index contributed by atoms with van der Waals surface area (Å²) in [6, 6.07) is 6.72. The highest BCUT2D eigenvalue weighted by atomic mass is 16.2. The topological polar surface area (TPSA) is 75.4 Å². The van der Waals surface area contributed by atoms with Crippen LogP contribution < -0.4 is 11.1 Å². The van der Waals surface area contributed by atoms with Gasteiger partial charge in [-0.25, -0.2) is 0 Å². The monoisotopic (exact) mass is 291 g/mol. The molecule has 2 amide bonds. The van der Waals surface area contributed by atoms with E-state index in [4.69, 9.17) is 5.73 Å². The van der Waals surface area contributed by atoms with Crippen LogP contribution in [0.15, 0.2) is 24.3 Å². The average molecular weight is 291 g/mol. The van der Waals surface area contributed by atoms with E-state index in [0.29, 0.717) is 12.1 Å². The van der Waals surface area contributed by atoms with Gasteiger partial charge in [0.2, 0.25) is 5.91 Å². The molecule has 0 radical (unpaired) electrons. The summed E-state index contributed by atoms with van der Waals surface area (Å²) in [6.07, 6.45) is 0.871. The van der Waals surface area contributed by atoms with Crippen LogP contribution in [0.2, 0.25) is 0 Å². The number of nitrogens with zero attached hydrogens (tertiary/aromatic N) is 1. The summed E-state index contributed by atoms with van der Waals surface area (Å²) in [5.74, 6) is -0.0211. The Morgan fingerprint density at radius 2 is 1.81 bits per heavy atom. The van der Waals surface area contributed by atoms with Crippen LogP contribution in [0.25, 0.3) is 0 Å². The molecule has 0 aliphatic heterocycles. The molecule has 0 fully saturated rings. The number of nitrogens with one attached hydrogen (secondary N) is 1. The van der Waals surface area contributed by atoms with E-state index in [1.165, 1.54) is 4.90 Å². The van der Waals surface area contributed by atoms with E-state index in [1.54, 1.807) is 26.2 Å². The van der Waals surface area contributed by atoms with Gasteiger partial charge in [0.05, 0.1) is 6.04 Å². The van der Waals surface area contributed by atoms with Gasteiger partial charge >= 0.3 is 0 Å². The van der Waals surface area contributed by atoms with Gasteiger partial charge in [-0.2, -0.15) is 0 Å². The maximum absolute atomic E-state index is 11.9. The van der Waals surface area contributed by atoms with Crippen molar-refractivity contribution in [2.75, 3.05) is 14.1 Å². The molecule has 0 saturated heterocycles. The number of benzene rings is 1. The first-order valence-electron chi connectivity index (χ1n) is 7.20. The SMILES string of the molecule is CCC(C)C(N)C(=O)NCc1ccc(C(=O)N(C)C)cc1. The fourth-order valence-corrected chi connectivity index (χ4v) is 1.84. The zero-order valence-electron chi connectivity index (χ0n) is 13.2. The first kappa shape index (κ1) is 17.2. The van der Waals surface area contributed by atoms with Gasteiger partial charge in [0.15, 0.2) is 0 Å². The van der Waals surface area contributed by atoms with Crippen LogP contribution >= 0.6 is 0 Å². The summed E-state index contributed by atoms with van der Waals surface area (Å²) in [5.41, 5.74) is 7.44. The minimum atomic E-state index is -0.482. The van der Waals surface area contributed by atoms with Crippen LogP contribution in [0, 0.1) is 5.92 Å². The second-order valence-corrected chi connectivity index (χ2v) is 5.53. The Balaban J connectivity index is 2.57. The number of rotatable bonds is 6. The van der Waals surface area contributed by atoms with Crippen molar-refractivity contribution in [2.24, 2.45) is 11.7 Å². The number of amides is 2. The Morgan fingerprint density at radius 3 is 2.29 bits per heavy atom. The average Bonchev–Trinajstić information content (AvgIpc) is 2.50. The Hall–Kier alpha value is -1.88. The highest BCUT2D eigenvalue weighted by Crippen LogP contribution is 2.08. The minimum Gasteiger partial charge on any atom is -0.351 e. The summed E-state index contributed by atoms with van der Waals surface area (Å²) in [4.78, 5) is 25.2. The van der Waals surface area contributed by atoms with Gasteiger partial charge in [-0.15, -0.1) is 0 Å². The van der Waals surface area contributed by atoms with Gasteiger partial charge in [-0.1, -0.05) is 32.4 Å². The lowest BCUT2D eigenvalue weighted by atomic mass is 9.99. The molecule has 0 spiro atoms. The van der Waals surface area contributed by atoms with Gasteiger partial charge in [0.1, 0.15) is 0 Å². The summed E-state index contributed by atoms with van der Waals surface area (Å²) in [7, 11) is 3.43. The molecule has 0 bridgehead atoms. The van der Waals surface area contributed by atoms with E-state index in [-0.39, 0.29) is 17.7 Å². The third-order valence-electron chi connectivity index (χ3n) is 3.63. The van der Waals surface area contributed by atoms with E-state index in [2.05, 4.69) is 5.32 Å². The fraction of sp³-hybridized carbons (Fsp3) is 0.500. The smallest absolute Gasteiger partial charge is 0.253 e. The molecule has 0 aromatic heterocycles. The highest BCUT2D eigenvalue weighted by molar-refractivity contribution is 5.93. The molecule has 116 valence electrons. The molecular weight excluding hydrogens is 266 g/mol. The van der Waals surface area contributed by atoms with Gasteiger partial charge < -0.3 is 16.0 Å². The van der Waals surface area contributed by atoms with Gasteiger partial charge in [0, 0.05) is 26.2 Å². The zero-order chi connectivity index (χ0) is 16.0. The summed E-state index contributed by atoms with van der Waals surface area (Å²) < 4.78 is 0. The van der Waals surface area contributed by atoms with E-state index < -0.39 is 6.04 Å². The number of nitrogens with two attached hydrogens (primary N) is 1. The molecule has 5 nitrogen and oxygen atoms in total.